The van der Waals surface area contributed by atoms with Crippen LogP contribution in [0.5, 0.6) is 0 Å². The average Bonchev–Trinajstić information content (AvgIpc) is 2.40. The van der Waals surface area contributed by atoms with Crippen LogP contribution in [0.25, 0.3) is 0 Å². The molecule has 7 heteroatoms. The fraction of sp³-hybridized carbons (Fsp3) is 0.143. The lowest BCUT2D eigenvalue weighted by molar-refractivity contribution is 0.461. The minimum absolute atomic E-state index is 0.106. The maximum atomic E-state index is 13.7. The molecule has 0 saturated heterocycles. The Morgan fingerprint density at radius 1 is 1.00 bits per heavy atom. The van der Waals surface area contributed by atoms with Crippen molar-refractivity contribution in [1.82, 2.24) is 5.43 Å². The average molecular weight is 363 g/mol. The summed E-state index contributed by atoms with van der Waals surface area (Å²) in [6.07, 6.45) is 0.106. The van der Waals surface area contributed by atoms with Crippen molar-refractivity contribution in [3.8, 4) is 0 Å². The van der Waals surface area contributed by atoms with Crippen molar-refractivity contribution in [2.45, 2.75) is 12.5 Å². The van der Waals surface area contributed by atoms with Crippen LogP contribution in [-0.4, -0.2) is 0 Å². The largest absolute Gasteiger partial charge is 0.271 e. The molecule has 0 spiro atoms. The van der Waals surface area contributed by atoms with E-state index in [-0.39, 0.29) is 16.5 Å². The van der Waals surface area contributed by atoms with Gasteiger partial charge in [-0.1, -0.05) is 6.07 Å². The molecule has 0 aliphatic rings. The van der Waals surface area contributed by atoms with Crippen molar-refractivity contribution in [3.05, 3.63) is 69.2 Å². The first-order valence-electron chi connectivity index (χ1n) is 5.97. The molecule has 0 aliphatic heterocycles. The molecule has 0 amide bonds. The van der Waals surface area contributed by atoms with Gasteiger partial charge in [0, 0.05) is 17.7 Å². The molecule has 1 unspecified atom stereocenters. The highest BCUT2D eigenvalue weighted by Crippen LogP contribution is 2.26. The standard InChI is InChI=1S/C14H11BrF4N2/c15-9-3-7(1-2-10(9)17)4-13(21-20)14-11(18)5-8(16)6-12(14)19/h1-3,5-6,13,21H,4,20H2. The molecule has 2 nitrogen and oxygen atoms in total. The summed E-state index contributed by atoms with van der Waals surface area (Å²) in [5, 5.41) is 0. The number of benzene rings is 2. The maximum absolute atomic E-state index is 13.7. The van der Waals surface area contributed by atoms with Gasteiger partial charge >= 0.3 is 0 Å². The molecule has 21 heavy (non-hydrogen) atoms. The van der Waals surface area contributed by atoms with Gasteiger partial charge in [0.1, 0.15) is 23.3 Å². The van der Waals surface area contributed by atoms with Crippen LogP contribution < -0.4 is 11.3 Å². The van der Waals surface area contributed by atoms with E-state index >= 15 is 0 Å². The number of hydrogen-bond donors (Lipinski definition) is 2. The second-order valence-corrected chi connectivity index (χ2v) is 5.31. The van der Waals surface area contributed by atoms with Crippen molar-refractivity contribution < 1.29 is 17.6 Å². The Balaban J connectivity index is 2.34. The summed E-state index contributed by atoms with van der Waals surface area (Å²) in [6.45, 7) is 0. The number of hydrogen-bond acceptors (Lipinski definition) is 2. The third-order valence-corrected chi connectivity index (χ3v) is 3.63. The van der Waals surface area contributed by atoms with E-state index in [0.717, 1.165) is 0 Å². The molecule has 1 atom stereocenters. The van der Waals surface area contributed by atoms with Crippen LogP contribution in [0.3, 0.4) is 0 Å². The number of rotatable bonds is 4. The van der Waals surface area contributed by atoms with Crippen molar-refractivity contribution in [2.24, 2.45) is 5.84 Å². The predicted octanol–water partition coefficient (Wildman–Crippen LogP) is 3.75. The zero-order chi connectivity index (χ0) is 15.6. The highest BCUT2D eigenvalue weighted by Gasteiger charge is 2.21. The van der Waals surface area contributed by atoms with E-state index in [0.29, 0.717) is 17.7 Å². The van der Waals surface area contributed by atoms with Crippen molar-refractivity contribution in [1.29, 1.82) is 0 Å². The van der Waals surface area contributed by atoms with Crippen LogP contribution in [0.1, 0.15) is 17.2 Å². The van der Waals surface area contributed by atoms with Gasteiger partial charge in [-0.15, -0.1) is 0 Å². The third kappa shape index (κ3) is 3.61. The van der Waals surface area contributed by atoms with E-state index in [1.165, 1.54) is 18.2 Å². The van der Waals surface area contributed by atoms with Crippen LogP contribution in [0.4, 0.5) is 17.6 Å². The number of nitrogens with two attached hydrogens (primary N) is 1. The highest BCUT2D eigenvalue weighted by molar-refractivity contribution is 9.10. The zero-order valence-corrected chi connectivity index (χ0v) is 12.2. The van der Waals surface area contributed by atoms with E-state index in [4.69, 9.17) is 5.84 Å². The van der Waals surface area contributed by atoms with Gasteiger partial charge in [0.25, 0.3) is 0 Å². The van der Waals surface area contributed by atoms with Gasteiger partial charge in [-0.05, 0) is 40.0 Å². The molecule has 0 heterocycles. The van der Waals surface area contributed by atoms with Crippen molar-refractivity contribution in [2.75, 3.05) is 0 Å². The molecule has 0 aliphatic carbocycles. The highest BCUT2D eigenvalue weighted by atomic mass is 79.9. The minimum atomic E-state index is -1.03. The zero-order valence-electron chi connectivity index (χ0n) is 10.6. The second kappa shape index (κ2) is 6.55. The molecule has 2 aromatic rings. The minimum Gasteiger partial charge on any atom is -0.271 e. The lowest BCUT2D eigenvalue weighted by atomic mass is 9.98. The summed E-state index contributed by atoms with van der Waals surface area (Å²) in [7, 11) is 0. The van der Waals surface area contributed by atoms with Gasteiger partial charge < -0.3 is 0 Å². The molecule has 0 fully saturated rings. The topological polar surface area (TPSA) is 38.0 Å². The molecule has 112 valence electrons. The molecule has 2 rings (SSSR count). The first-order chi connectivity index (χ1) is 9.92. The molecule has 0 bridgehead atoms. The Bertz CT molecular complexity index is 640. The molecular formula is C14H11BrF4N2. The molecule has 2 aromatic carbocycles. The van der Waals surface area contributed by atoms with E-state index in [9.17, 15) is 17.6 Å². The normalized spacial score (nSPS) is 12.5. The van der Waals surface area contributed by atoms with Crippen LogP contribution >= 0.6 is 15.9 Å². The van der Waals surface area contributed by atoms with E-state index in [2.05, 4.69) is 21.4 Å². The SMILES string of the molecule is NNC(Cc1ccc(F)c(Br)c1)c1c(F)cc(F)cc1F. The molecular weight excluding hydrogens is 352 g/mol. The van der Waals surface area contributed by atoms with Crippen LogP contribution in [0, 0.1) is 23.3 Å². The quantitative estimate of drug-likeness (QED) is 0.493. The fourth-order valence-electron chi connectivity index (χ4n) is 2.03. The van der Waals surface area contributed by atoms with Crippen molar-refractivity contribution >= 4 is 15.9 Å². The third-order valence-electron chi connectivity index (χ3n) is 3.02. The van der Waals surface area contributed by atoms with Gasteiger partial charge in [-0.3, -0.25) is 11.3 Å². The molecule has 3 N–H and O–H groups in total. The van der Waals surface area contributed by atoms with Crippen LogP contribution in [-0.2, 0) is 6.42 Å². The predicted molar refractivity (Wildman–Crippen MR) is 74.2 cm³/mol. The second-order valence-electron chi connectivity index (χ2n) is 4.45. The summed E-state index contributed by atoms with van der Waals surface area (Å²) in [5.41, 5.74) is 2.53. The molecule has 0 saturated carbocycles. The summed E-state index contributed by atoms with van der Waals surface area (Å²) in [5.74, 6) is 1.82. The Labute approximate surface area is 127 Å². The first kappa shape index (κ1) is 15.9. The van der Waals surface area contributed by atoms with E-state index in [1.54, 1.807) is 0 Å². The van der Waals surface area contributed by atoms with Gasteiger partial charge in [0.05, 0.1) is 10.5 Å². The lowest BCUT2D eigenvalue weighted by Crippen LogP contribution is -2.31. The summed E-state index contributed by atoms with van der Waals surface area (Å²) in [4.78, 5) is 0. The Morgan fingerprint density at radius 2 is 1.62 bits per heavy atom. The Morgan fingerprint density at radius 3 is 2.14 bits per heavy atom. The Hall–Kier alpha value is -1.44. The van der Waals surface area contributed by atoms with Gasteiger partial charge in [0.2, 0.25) is 0 Å². The van der Waals surface area contributed by atoms with Crippen molar-refractivity contribution in [3.63, 3.8) is 0 Å². The summed E-state index contributed by atoms with van der Waals surface area (Å²) in [6, 6.07) is 4.45. The number of halogens is 5. The van der Waals surface area contributed by atoms with Gasteiger partial charge in [-0.2, -0.15) is 0 Å². The number of hydrazine groups is 1. The number of nitrogens with one attached hydrogen (secondary N) is 1. The summed E-state index contributed by atoms with van der Waals surface area (Å²) >= 11 is 3.03. The first-order valence-corrected chi connectivity index (χ1v) is 6.76. The lowest BCUT2D eigenvalue weighted by Gasteiger charge is -2.18. The van der Waals surface area contributed by atoms with E-state index < -0.39 is 29.3 Å². The van der Waals surface area contributed by atoms with E-state index in [1.807, 2.05) is 0 Å². The van der Waals surface area contributed by atoms with Gasteiger partial charge in [-0.25, -0.2) is 17.6 Å². The fourth-order valence-corrected chi connectivity index (χ4v) is 2.46. The Kier molecular flexibility index (Phi) is 4.97. The maximum Gasteiger partial charge on any atom is 0.137 e. The molecule has 0 radical (unpaired) electrons. The van der Waals surface area contributed by atoms with Crippen LogP contribution in [0.15, 0.2) is 34.8 Å². The van der Waals surface area contributed by atoms with Gasteiger partial charge in [0.15, 0.2) is 0 Å². The monoisotopic (exact) mass is 362 g/mol. The smallest absolute Gasteiger partial charge is 0.137 e. The van der Waals surface area contributed by atoms with Crippen LogP contribution in [0.2, 0.25) is 0 Å². The summed E-state index contributed by atoms with van der Waals surface area (Å²) < 4.78 is 53.8. The molecule has 0 aromatic heterocycles.